The van der Waals surface area contributed by atoms with Crippen LogP contribution in [0.5, 0.6) is 5.75 Å². The van der Waals surface area contributed by atoms with Crippen molar-refractivity contribution in [2.24, 2.45) is 0 Å². The molecule has 9 nitrogen and oxygen atoms in total. The van der Waals surface area contributed by atoms with Crippen LogP contribution in [0.2, 0.25) is 0 Å². The van der Waals surface area contributed by atoms with Gasteiger partial charge in [0, 0.05) is 6.54 Å². The van der Waals surface area contributed by atoms with Gasteiger partial charge in [0.25, 0.3) is 0 Å². The Bertz CT molecular complexity index is 696. The number of carboxylic acids is 1. The van der Waals surface area contributed by atoms with E-state index in [4.69, 9.17) is 14.2 Å². The van der Waals surface area contributed by atoms with Gasteiger partial charge in [-0.05, 0) is 26.0 Å². The highest BCUT2D eigenvalue weighted by Gasteiger charge is 2.38. The minimum Gasteiger partial charge on any atom is -0.480 e. The number of alkyl halides is 3. The molecule has 0 heterocycles. The van der Waals surface area contributed by atoms with E-state index in [0.29, 0.717) is 0 Å². The lowest BCUT2D eigenvalue weighted by molar-refractivity contribution is -0.216. The minimum absolute atomic E-state index is 0.208. The normalized spacial score (nSPS) is 12.7. The molecule has 3 N–H and O–H groups in total. The summed E-state index contributed by atoms with van der Waals surface area (Å²) in [6.07, 6.45) is -6.01. The van der Waals surface area contributed by atoms with E-state index in [0.717, 1.165) is 0 Å². The second-order valence-electron chi connectivity index (χ2n) is 6.05. The predicted molar refractivity (Wildman–Crippen MR) is 92.1 cm³/mol. The van der Waals surface area contributed by atoms with Gasteiger partial charge >= 0.3 is 24.1 Å². The molecule has 0 saturated heterocycles. The van der Waals surface area contributed by atoms with E-state index in [1.165, 1.54) is 26.0 Å². The quantitative estimate of drug-likeness (QED) is 0.387. The van der Waals surface area contributed by atoms with Crippen molar-refractivity contribution in [3.63, 3.8) is 0 Å². The van der Waals surface area contributed by atoms with Crippen molar-refractivity contribution in [3.8, 4) is 5.75 Å². The van der Waals surface area contributed by atoms with E-state index in [2.05, 4.69) is 5.32 Å². The number of carbonyl (C=O) groups is 3. The highest BCUT2D eigenvalue weighted by Crippen LogP contribution is 2.15. The second-order valence-corrected chi connectivity index (χ2v) is 6.05. The van der Waals surface area contributed by atoms with Gasteiger partial charge < -0.3 is 30.0 Å². The zero-order chi connectivity index (χ0) is 22.1. The summed E-state index contributed by atoms with van der Waals surface area (Å²) in [5.41, 5.74) is 0. The third-order valence-corrected chi connectivity index (χ3v) is 3.24. The fourth-order valence-electron chi connectivity index (χ4n) is 1.83. The van der Waals surface area contributed by atoms with Crippen molar-refractivity contribution in [2.75, 3.05) is 19.8 Å². The second kappa shape index (κ2) is 10.6. The van der Waals surface area contributed by atoms with E-state index >= 15 is 0 Å². The van der Waals surface area contributed by atoms with Gasteiger partial charge in [-0.2, -0.15) is 13.2 Å². The standard InChI is InChI=1S/C17H21F3N2O7/c1-16(2,27-9-8-21-14(25)17(18,19)20)28-10-12(13(23)24)22-15(26)29-11-6-4-3-5-7-11/h3-7,12H,8-10H2,1-2H3,(H,21,25)(H,22,26)(H,23,24). The molecule has 0 aliphatic rings. The lowest BCUT2D eigenvalue weighted by Crippen LogP contribution is -2.47. The maximum atomic E-state index is 12.1. The molecule has 0 bridgehead atoms. The third kappa shape index (κ3) is 9.76. The van der Waals surface area contributed by atoms with Crippen molar-refractivity contribution >= 4 is 18.0 Å². The van der Waals surface area contributed by atoms with Crippen LogP contribution in [0.25, 0.3) is 0 Å². The number of rotatable bonds is 10. The molecule has 29 heavy (non-hydrogen) atoms. The van der Waals surface area contributed by atoms with Gasteiger partial charge in [0.2, 0.25) is 0 Å². The number of hydrogen-bond donors (Lipinski definition) is 3. The fourth-order valence-corrected chi connectivity index (χ4v) is 1.83. The molecule has 1 aromatic rings. The summed E-state index contributed by atoms with van der Waals surface area (Å²) in [6.45, 7) is 1.51. The predicted octanol–water partition coefficient (Wildman–Crippen LogP) is 1.68. The molecule has 12 heteroatoms. The molecular weight excluding hydrogens is 401 g/mol. The highest BCUT2D eigenvalue weighted by molar-refractivity contribution is 5.81. The van der Waals surface area contributed by atoms with Crippen LogP contribution in [-0.2, 0) is 19.1 Å². The Morgan fingerprint density at radius 3 is 2.28 bits per heavy atom. The van der Waals surface area contributed by atoms with E-state index in [-0.39, 0.29) is 12.4 Å². The van der Waals surface area contributed by atoms with E-state index < -0.39 is 49.1 Å². The van der Waals surface area contributed by atoms with Crippen molar-refractivity contribution in [1.82, 2.24) is 10.6 Å². The topological polar surface area (TPSA) is 123 Å². The molecule has 1 atom stereocenters. The summed E-state index contributed by atoms with van der Waals surface area (Å²) in [6, 6.07) is 6.48. The van der Waals surface area contributed by atoms with Gasteiger partial charge in [-0.1, -0.05) is 18.2 Å². The Labute approximate surface area is 164 Å². The first-order valence-corrected chi connectivity index (χ1v) is 8.30. The molecule has 1 rings (SSSR count). The van der Waals surface area contributed by atoms with Gasteiger partial charge in [0.15, 0.2) is 11.8 Å². The number of hydrogen-bond acceptors (Lipinski definition) is 6. The number of amides is 2. The van der Waals surface area contributed by atoms with Crippen LogP contribution in [0.4, 0.5) is 18.0 Å². The first-order chi connectivity index (χ1) is 13.4. The van der Waals surface area contributed by atoms with Gasteiger partial charge in [0.05, 0.1) is 13.2 Å². The van der Waals surface area contributed by atoms with E-state index in [1.807, 2.05) is 0 Å². The van der Waals surface area contributed by atoms with Crippen LogP contribution in [0.15, 0.2) is 30.3 Å². The van der Waals surface area contributed by atoms with E-state index in [1.54, 1.807) is 23.5 Å². The number of carbonyl (C=O) groups excluding carboxylic acids is 2. The molecule has 0 spiro atoms. The van der Waals surface area contributed by atoms with Crippen molar-refractivity contribution in [1.29, 1.82) is 0 Å². The van der Waals surface area contributed by atoms with Crippen LogP contribution >= 0.6 is 0 Å². The summed E-state index contributed by atoms with van der Waals surface area (Å²) in [7, 11) is 0. The average molecular weight is 422 g/mol. The first-order valence-electron chi connectivity index (χ1n) is 8.30. The lowest BCUT2D eigenvalue weighted by Gasteiger charge is -2.27. The monoisotopic (exact) mass is 422 g/mol. The largest absolute Gasteiger partial charge is 0.480 e. The molecule has 0 aliphatic heterocycles. The zero-order valence-electron chi connectivity index (χ0n) is 15.6. The summed E-state index contributed by atoms with van der Waals surface area (Å²) in [5.74, 6) is -4.70. The summed E-state index contributed by atoms with van der Waals surface area (Å²) < 4.78 is 51.6. The third-order valence-electron chi connectivity index (χ3n) is 3.24. The SMILES string of the molecule is CC(C)(OCCNC(=O)C(F)(F)F)OCC(NC(=O)Oc1ccccc1)C(=O)O. The number of ether oxygens (including phenoxy) is 3. The average Bonchev–Trinajstić information content (AvgIpc) is 2.62. The maximum absolute atomic E-state index is 12.1. The molecule has 2 amide bonds. The summed E-state index contributed by atoms with van der Waals surface area (Å²) in [4.78, 5) is 33.8. The molecule has 162 valence electrons. The molecule has 0 aliphatic carbocycles. The Balaban J connectivity index is 2.43. The number of para-hydroxylation sites is 1. The fraction of sp³-hybridized carbons (Fsp3) is 0.471. The van der Waals surface area contributed by atoms with Crippen LogP contribution in [0.3, 0.4) is 0 Å². The zero-order valence-corrected chi connectivity index (χ0v) is 15.6. The Hall–Kier alpha value is -2.86. The van der Waals surface area contributed by atoms with Crippen LogP contribution in [0.1, 0.15) is 13.8 Å². The highest BCUT2D eigenvalue weighted by atomic mass is 19.4. The van der Waals surface area contributed by atoms with Crippen molar-refractivity contribution in [2.45, 2.75) is 31.9 Å². The van der Waals surface area contributed by atoms with Crippen molar-refractivity contribution < 1.29 is 46.9 Å². The number of nitrogens with one attached hydrogen (secondary N) is 2. The number of halogens is 3. The molecule has 0 aromatic heterocycles. The van der Waals surface area contributed by atoms with Crippen LogP contribution < -0.4 is 15.4 Å². The van der Waals surface area contributed by atoms with E-state index in [9.17, 15) is 32.7 Å². The minimum atomic E-state index is -5.00. The van der Waals surface area contributed by atoms with Gasteiger partial charge in [0.1, 0.15) is 5.75 Å². The number of aliphatic carboxylic acids is 1. The number of benzene rings is 1. The summed E-state index contributed by atoms with van der Waals surface area (Å²) in [5, 5.41) is 12.9. The first kappa shape index (κ1) is 24.2. The van der Waals surface area contributed by atoms with Gasteiger partial charge in [-0.3, -0.25) is 4.79 Å². The molecular formula is C17H21F3N2O7. The molecule has 0 radical (unpaired) electrons. The molecule has 1 unspecified atom stereocenters. The lowest BCUT2D eigenvalue weighted by atomic mass is 10.3. The van der Waals surface area contributed by atoms with Gasteiger partial charge in [-0.25, -0.2) is 9.59 Å². The smallest absolute Gasteiger partial charge is 0.471 e. The maximum Gasteiger partial charge on any atom is 0.471 e. The molecule has 0 saturated carbocycles. The Kier molecular flexibility index (Phi) is 8.85. The van der Waals surface area contributed by atoms with Crippen LogP contribution in [-0.4, -0.2) is 60.8 Å². The molecule has 0 fully saturated rings. The Morgan fingerprint density at radius 1 is 1.10 bits per heavy atom. The Morgan fingerprint density at radius 2 is 1.72 bits per heavy atom. The van der Waals surface area contributed by atoms with Gasteiger partial charge in [-0.15, -0.1) is 0 Å². The van der Waals surface area contributed by atoms with Crippen LogP contribution in [0, 0.1) is 0 Å². The molecule has 1 aromatic carbocycles. The van der Waals surface area contributed by atoms with Crippen molar-refractivity contribution in [3.05, 3.63) is 30.3 Å². The number of carboxylic acid groups (broad SMARTS) is 1. The summed E-state index contributed by atoms with van der Waals surface area (Å²) >= 11 is 0.